The van der Waals surface area contributed by atoms with E-state index in [0.717, 1.165) is 25.8 Å². The molecule has 1 aromatic carbocycles. The van der Waals surface area contributed by atoms with E-state index in [9.17, 15) is 8.42 Å². The Hall–Kier alpha value is -0.840. The van der Waals surface area contributed by atoms with Crippen LogP contribution in [0.1, 0.15) is 24.8 Å². The summed E-state index contributed by atoms with van der Waals surface area (Å²) in [5, 5.41) is 12.1. The summed E-state index contributed by atoms with van der Waals surface area (Å²) in [6.07, 6.45) is 2.81. The monoisotopic (exact) mass is 377 g/mol. The van der Waals surface area contributed by atoms with Gasteiger partial charge in [-0.05, 0) is 57.0 Å². The third-order valence-corrected chi connectivity index (χ3v) is 6.44. The van der Waals surface area contributed by atoms with Crippen LogP contribution < -0.4 is 5.32 Å². The average molecular weight is 378 g/mol. The highest BCUT2D eigenvalue weighted by molar-refractivity contribution is 7.89. The highest BCUT2D eigenvalue weighted by atomic mass is 35.5. The number of rotatable bonds is 5. The molecule has 0 spiro atoms. The van der Waals surface area contributed by atoms with E-state index in [1.165, 1.54) is 22.5 Å². The van der Waals surface area contributed by atoms with Crippen molar-refractivity contribution in [3.05, 3.63) is 28.8 Å². The topological polar surface area (TPSA) is 73.2 Å². The Balaban J connectivity index is 0.00000264. The van der Waals surface area contributed by atoms with Crippen molar-refractivity contribution in [2.45, 2.75) is 24.2 Å². The minimum Gasteiger partial charge on any atom is -0.320 e. The van der Waals surface area contributed by atoms with Crippen LogP contribution in [-0.4, -0.2) is 39.4 Å². The Labute approximate surface area is 149 Å². The predicted molar refractivity (Wildman–Crippen MR) is 93.4 cm³/mol. The fourth-order valence-electron chi connectivity index (χ4n) is 2.71. The lowest BCUT2D eigenvalue weighted by molar-refractivity contribution is 0.263. The van der Waals surface area contributed by atoms with Gasteiger partial charge in [-0.25, -0.2) is 8.42 Å². The molecule has 1 heterocycles. The summed E-state index contributed by atoms with van der Waals surface area (Å²) in [5.41, 5.74) is 0.356. The maximum absolute atomic E-state index is 12.7. The van der Waals surface area contributed by atoms with Crippen molar-refractivity contribution in [2.75, 3.05) is 26.7 Å². The van der Waals surface area contributed by atoms with Crippen molar-refractivity contribution in [2.24, 2.45) is 5.92 Å². The second-order valence-electron chi connectivity index (χ2n) is 5.50. The Morgan fingerprint density at radius 1 is 1.39 bits per heavy atom. The molecule has 23 heavy (non-hydrogen) atoms. The van der Waals surface area contributed by atoms with Crippen LogP contribution in [-0.2, 0) is 10.0 Å². The first kappa shape index (κ1) is 20.2. The number of nitrogens with one attached hydrogen (secondary N) is 1. The maximum atomic E-state index is 12.7. The lowest BCUT2D eigenvalue weighted by Crippen LogP contribution is -2.39. The molecule has 1 aliphatic heterocycles. The van der Waals surface area contributed by atoms with Crippen LogP contribution in [0.3, 0.4) is 0 Å². The van der Waals surface area contributed by atoms with Crippen LogP contribution in [0.4, 0.5) is 0 Å². The van der Waals surface area contributed by atoms with Gasteiger partial charge in [0.05, 0.1) is 16.7 Å². The van der Waals surface area contributed by atoms with Gasteiger partial charge in [0.1, 0.15) is 4.90 Å². The summed E-state index contributed by atoms with van der Waals surface area (Å²) in [7, 11) is -1.66. The largest absolute Gasteiger partial charge is 0.320 e. The quantitative estimate of drug-likeness (QED) is 0.855. The van der Waals surface area contributed by atoms with E-state index >= 15 is 0 Å². The second-order valence-corrected chi connectivity index (χ2v) is 7.81. The summed E-state index contributed by atoms with van der Waals surface area (Å²) in [6.45, 7) is 2.00. The molecule has 1 aliphatic rings. The Morgan fingerprint density at radius 3 is 2.57 bits per heavy atom. The fourth-order valence-corrected chi connectivity index (χ4v) is 4.69. The smallest absolute Gasteiger partial charge is 0.244 e. The van der Waals surface area contributed by atoms with Crippen LogP contribution in [0.25, 0.3) is 0 Å². The lowest BCUT2D eigenvalue weighted by Gasteiger charge is -2.31. The fraction of sp³-hybridized carbons (Fsp3) is 0.533. The van der Waals surface area contributed by atoms with Gasteiger partial charge in [0.15, 0.2) is 0 Å². The molecule has 5 nitrogen and oxygen atoms in total. The number of hydrogen-bond donors (Lipinski definition) is 1. The molecule has 0 radical (unpaired) electrons. The van der Waals surface area contributed by atoms with Crippen molar-refractivity contribution in [3.63, 3.8) is 0 Å². The van der Waals surface area contributed by atoms with Gasteiger partial charge in [0.25, 0.3) is 0 Å². The molecule has 8 heteroatoms. The number of nitrogens with zero attached hydrogens (tertiary/aromatic N) is 2. The number of piperidine rings is 1. The van der Waals surface area contributed by atoms with Crippen molar-refractivity contribution in [3.8, 4) is 6.07 Å². The van der Waals surface area contributed by atoms with Gasteiger partial charge >= 0.3 is 0 Å². The first-order chi connectivity index (χ1) is 10.5. The molecule has 0 aromatic heterocycles. The lowest BCUT2D eigenvalue weighted by atomic mass is 9.95. The summed E-state index contributed by atoms with van der Waals surface area (Å²) in [6, 6.07) is 6.25. The van der Waals surface area contributed by atoms with E-state index in [4.69, 9.17) is 16.9 Å². The van der Waals surface area contributed by atoms with Crippen molar-refractivity contribution in [1.29, 1.82) is 5.26 Å². The highest BCUT2D eigenvalue weighted by Crippen LogP contribution is 2.29. The standard InChI is InChI=1S/C15H20ClN3O2S.ClH/c1-18-7-4-12-5-8-19(9-6-12)22(20,21)15-3-2-13(11-17)10-14(15)16;/h2-3,10,12,18H,4-9H2,1H3;1H. The zero-order valence-corrected chi connectivity index (χ0v) is 15.3. The van der Waals surface area contributed by atoms with Crippen LogP contribution in [0, 0.1) is 17.2 Å². The van der Waals surface area contributed by atoms with E-state index < -0.39 is 10.0 Å². The zero-order chi connectivity index (χ0) is 16.2. The third kappa shape index (κ3) is 4.82. The number of halogens is 2. The molecule has 0 unspecified atom stereocenters. The van der Waals surface area contributed by atoms with Gasteiger partial charge in [0.2, 0.25) is 10.0 Å². The zero-order valence-electron chi connectivity index (χ0n) is 13.0. The number of hydrogen-bond acceptors (Lipinski definition) is 4. The van der Waals surface area contributed by atoms with Crippen LogP contribution >= 0.6 is 24.0 Å². The van der Waals surface area contributed by atoms with Gasteiger partial charge in [-0.2, -0.15) is 9.57 Å². The van der Waals surface area contributed by atoms with E-state index in [-0.39, 0.29) is 22.3 Å². The minimum absolute atomic E-state index is 0. The average Bonchev–Trinajstić information content (AvgIpc) is 2.52. The Kier molecular flexibility index (Phi) is 7.78. The van der Waals surface area contributed by atoms with Gasteiger partial charge in [0, 0.05) is 13.1 Å². The molecule has 128 valence electrons. The van der Waals surface area contributed by atoms with Gasteiger partial charge < -0.3 is 5.32 Å². The highest BCUT2D eigenvalue weighted by Gasteiger charge is 2.30. The summed E-state index contributed by atoms with van der Waals surface area (Å²) < 4.78 is 26.8. The van der Waals surface area contributed by atoms with Crippen molar-refractivity contribution < 1.29 is 8.42 Å². The molecule has 1 fully saturated rings. The summed E-state index contributed by atoms with van der Waals surface area (Å²) >= 11 is 6.04. The SMILES string of the molecule is CNCCC1CCN(S(=O)(=O)c2ccc(C#N)cc2Cl)CC1.Cl. The van der Waals surface area contributed by atoms with E-state index in [1.807, 2.05) is 13.1 Å². The molecule has 0 bridgehead atoms. The molecule has 0 aliphatic carbocycles. The molecule has 1 aromatic rings. The molecule has 1 saturated heterocycles. The first-order valence-corrected chi connectivity index (χ1v) is 9.15. The van der Waals surface area contributed by atoms with Crippen LogP contribution in [0.5, 0.6) is 0 Å². The summed E-state index contributed by atoms with van der Waals surface area (Å²) in [5.74, 6) is 0.565. The Morgan fingerprint density at radius 2 is 2.04 bits per heavy atom. The molecule has 2 rings (SSSR count). The van der Waals surface area contributed by atoms with E-state index in [2.05, 4.69) is 5.32 Å². The normalized spacial score (nSPS) is 16.6. The molecular weight excluding hydrogens is 357 g/mol. The second kappa shape index (κ2) is 8.86. The number of benzene rings is 1. The van der Waals surface area contributed by atoms with Crippen LogP contribution in [0.2, 0.25) is 5.02 Å². The predicted octanol–water partition coefficient (Wildman–Crippen LogP) is 2.64. The molecule has 0 saturated carbocycles. The van der Waals surface area contributed by atoms with Gasteiger partial charge in [-0.3, -0.25) is 0 Å². The van der Waals surface area contributed by atoms with E-state index in [0.29, 0.717) is 24.6 Å². The molecule has 1 N–H and O–H groups in total. The number of nitriles is 1. The Bertz CT molecular complexity index is 666. The molecule has 0 amide bonds. The minimum atomic E-state index is -3.59. The molecular formula is C15H21Cl2N3O2S. The third-order valence-electron chi connectivity index (χ3n) is 4.05. The van der Waals surface area contributed by atoms with E-state index in [1.54, 1.807) is 0 Å². The van der Waals surface area contributed by atoms with Gasteiger partial charge in [-0.1, -0.05) is 11.6 Å². The molecule has 0 atom stereocenters. The van der Waals surface area contributed by atoms with Gasteiger partial charge in [-0.15, -0.1) is 12.4 Å². The maximum Gasteiger partial charge on any atom is 0.244 e. The number of sulfonamides is 1. The van der Waals surface area contributed by atoms with Crippen LogP contribution in [0.15, 0.2) is 23.1 Å². The first-order valence-electron chi connectivity index (χ1n) is 7.33. The van der Waals surface area contributed by atoms with Crippen molar-refractivity contribution >= 4 is 34.0 Å². The summed E-state index contributed by atoms with van der Waals surface area (Å²) in [4.78, 5) is 0.0850. The van der Waals surface area contributed by atoms with Crippen molar-refractivity contribution in [1.82, 2.24) is 9.62 Å².